The molecule has 3 rings (SSSR count). The minimum Gasteiger partial charge on any atom is -0.336 e. The summed E-state index contributed by atoms with van der Waals surface area (Å²) in [4.78, 5) is 14.4. The number of thiophene rings is 1. The largest absolute Gasteiger partial charge is 0.336 e. The Labute approximate surface area is 160 Å². The second kappa shape index (κ2) is 9.22. The highest BCUT2D eigenvalue weighted by molar-refractivity contribution is 7.07. The molecule has 2 aromatic rings. The van der Waals surface area contributed by atoms with Crippen molar-refractivity contribution in [3.8, 4) is 0 Å². The van der Waals surface area contributed by atoms with E-state index in [1.807, 2.05) is 14.1 Å². The van der Waals surface area contributed by atoms with Crippen molar-refractivity contribution in [2.24, 2.45) is 0 Å². The third-order valence-electron chi connectivity index (χ3n) is 4.69. The number of likely N-dealkylation sites (N-methyl/N-ethyl adjacent to an activating group) is 1. The number of nitrogens with zero attached hydrogens (tertiary/aromatic N) is 1. The Hall–Kier alpha value is -1.56. The van der Waals surface area contributed by atoms with Crippen LogP contribution in [0.2, 0.25) is 0 Å². The molecule has 136 valence electrons. The van der Waals surface area contributed by atoms with Crippen LogP contribution in [-0.2, 0) is 12.8 Å². The Bertz CT molecular complexity index is 675. The molecule has 0 spiro atoms. The van der Waals surface area contributed by atoms with Crippen LogP contribution >= 0.6 is 23.7 Å². The number of hydrogen-bond acceptors (Lipinski definition) is 3. The molecule has 1 aromatic heterocycles. The van der Waals surface area contributed by atoms with E-state index in [1.165, 1.54) is 16.7 Å². The van der Waals surface area contributed by atoms with Crippen molar-refractivity contribution in [1.82, 2.24) is 15.5 Å². The van der Waals surface area contributed by atoms with Crippen molar-refractivity contribution in [2.45, 2.75) is 31.3 Å². The Kier molecular flexibility index (Phi) is 7.29. The summed E-state index contributed by atoms with van der Waals surface area (Å²) in [5.41, 5.74) is 4.02. The SMILES string of the molecule is CN(C)C(CNC(=O)NC1CCc2ccccc2C1)c1ccsc1.Cl. The molecule has 1 aromatic carbocycles. The Morgan fingerprint density at radius 3 is 2.72 bits per heavy atom. The smallest absolute Gasteiger partial charge is 0.315 e. The third-order valence-corrected chi connectivity index (χ3v) is 5.39. The molecule has 2 N–H and O–H groups in total. The fraction of sp³-hybridized carbons (Fsp3) is 0.421. The van der Waals surface area contributed by atoms with Gasteiger partial charge in [0.25, 0.3) is 0 Å². The molecule has 1 heterocycles. The van der Waals surface area contributed by atoms with Crippen molar-refractivity contribution in [2.75, 3.05) is 20.6 Å². The van der Waals surface area contributed by atoms with Crippen LogP contribution in [0.25, 0.3) is 0 Å². The van der Waals surface area contributed by atoms with E-state index in [4.69, 9.17) is 0 Å². The van der Waals surface area contributed by atoms with E-state index in [2.05, 4.69) is 56.6 Å². The van der Waals surface area contributed by atoms with Gasteiger partial charge in [-0.1, -0.05) is 24.3 Å². The number of carbonyl (C=O) groups excluding carboxylic acids is 1. The van der Waals surface area contributed by atoms with Gasteiger partial charge < -0.3 is 15.5 Å². The minimum atomic E-state index is -0.0681. The number of aryl methyl sites for hydroxylation is 1. The van der Waals surface area contributed by atoms with Gasteiger partial charge >= 0.3 is 6.03 Å². The first-order chi connectivity index (χ1) is 11.6. The summed E-state index contributed by atoms with van der Waals surface area (Å²) in [5.74, 6) is 0. The van der Waals surface area contributed by atoms with Gasteiger partial charge in [-0.15, -0.1) is 12.4 Å². The maximum atomic E-state index is 12.3. The third kappa shape index (κ3) is 5.21. The molecule has 2 atom stereocenters. The minimum absolute atomic E-state index is 0. The van der Waals surface area contributed by atoms with Crippen molar-refractivity contribution < 1.29 is 4.79 Å². The lowest BCUT2D eigenvalue weighted by Gasteiger charge is -2.27. The summed E-state index contributed by atoms with van der Waals surface area (Å²) in [6.07, 6.45) is 2.97. The predicted octanol–water partition coefficient (Wildman–Crippen LogP) is 3.63. The lowest BCUT2D eigenvalue weighted by Crippen LogP contribution is -2.46. The number of rotatable bonds is 5. The van der Waals surface area contributed by atoms with Gasteiger partial charge in [0, 0.05) is 12.6 Å². The normalized spacial score (nSPS) is 17.3. The number of fused-ring (bicyclic) bond motifs is 1. The second-order valence-corrected chi connectivity index (χ2v) is 7.38. The Morgan fingerprint density at radius 1 is 1.28 bits per heavy atom. The van der Waals surface area contributed by atoms with E-state index in [0.717, 1.165) is 19.3 Å². The molecule has 0 saturated carbocycles. The van der Waals surface area contributed by atoms with Crippen molar-refractivity contribution in [1.29, 1.82) is 0 Å². The van der Waals surface area contributed by atoms with E-state index < -0.39 is 0 Å². The molecule has 25 heavy (non-hydrogen) atoms. The molecule has 0 aliphatic heterocycles. The van der Waals surface area contributed by atoms with Crippen LogP contribution < -0.4 is 10.6 Å². The predicted molar refractivity (Wildman–Crippen MR) is 107 cm³/mol. The second-order valence-electron chi connectivity index (χ2n) is 6.60. The van der Waals surface area contributed by atoms with E-state index in [0.29, 0.717) is 6.54 Å². The summed E-state index contributed by atoms with van der Waals surface area (Å²) >= 11 is 1.69. The molecule has 6 heteroatoms. The Morgan fingerprint density at radius 2 is 2.04 bits per heavy atom. The van der Waals surface area contributed by atoms with Gasteiger partial charge in [-0.3, -0.25) is 0 Å². The average Bonchev–Trinajstić information content (AvgIpc) is 3.09. The lowest BCUT2D eigenvalue weighted by atomic mass is 9.88. The zero-order chi connectivity index (χ0) is 16.9. The average molecular weight is 380 g/mol. The molecule has 4 nitrogen and oxygen atoms in total. The van der Waals surface area contributed by atoms with Gasteiger partial charge in [-0.25, -0.2) is 4.79 Å². The monoisotopic (exact) mass is 379 g/mol. The fourth-order valence-corrected chi connectivity index (χ4v) is 4.02. The van der Waals surface area contributed by atoms with Crippen LogP contribution in [0.4, 0.5) is 4.79 Å². The van der Waals surface area contributed by atoms with Crippen LogP contribution in [-0.4, -0.2) is 37.6 Å². The molecular weight excluding hydrogens is 354 g/mol. The first kappa shape index (κ1) is 19.8. The molecular formula is C19H26ClN3OS. The molecule has 2 unspecified atom stereocenters. The summed E-state index contributed by atoms with van der Waals surface area (Å²) in [6, 6.07) is 11.0. The number of benzene rings is 1. The highest BCUT2D eigenvalue weighted by Gasteiger charge is 2.21. The number of hydrogen-bond donors (Lipinski definition) is 2. The number of nitrogens with one attached hydrogen (secondary N) is 2. The zero-order valence-electron chi connectivity index (χ0n) is 14.7. The topological polar surface area (TPSA) is 44.4 Å². The van der Waals surface area contributed by atoms with Gasteiger partial charge in [0.2, 0.25) is 0 Å². The van der Waals surface area contributed by atoms with Gasteiger partial charge in [-0.05, 0) is 66.9 Å². The number of halogens is 1. The Balaban J connectivity index is 0.00000225. The van der Waals surface area contributed by atoms with E-state index in [9.17, 15) is 4.79 Å². The highest BCUT2D eigenvalue weighted by Crippen LogP contribution is 2.21. The van der Waals surface area contributed by atoms with Crippen molar-refractivity contribution >= 4 is 29.8 Å². The highest BCUT2D eigenvalue weighted by atomic mass is 35.5. The molecule has 0 radical (unpaired) electrons. The summed E-state index contributed by atoms with van der Waals surface area (Å²) in [5, 5.41) is 10.4. The molecule has 0 saturated heterocycles. The summed E-state index contributed by atoms with van der Waals surface area (Å²) in [7, 11) is 4.08. The number of urea groups is 1. The fourth-order valence-electron chi connectivity index (χ4n) is 3.31. The van der Waals surface area contributed by atoms with E-state index >= 15 is 0 Å². The van der Waals surface area contributed by atoms with Gasteiger partial charge in [-0.2, -0.15) is 11.3 Å². The quantitative estimate of drug-likeness (QED) is 0.833. The molecule has 0 bridgehead atoms. The van der Waals surface area contributed by atoms with Crippen LogP contribution in [0.5, 0.6) is 0 Å². The number of carbonyl (C=O) groups is 1. The number of amides is 2. The molecule has 1 aliphatic carbocycles. The van der Waals surface area contributed by atoms with Gasteiger partial charge in [0.05, 0.1) is 6.04 Å². The standard InChI is InChI=1S/C19H25N3OS.ClH/c1-22(2)18(16-9-10-24-13-16)12-20-19(23)21-17-8-7-14-5-3-4-6-15(14)11-17;/h3-6,9-10,13,17-18H,7-8,11-12H2,1-2H3,(H2,20,21,23);1H. The molecule has 0 fully saturated rings. The van der Waals surface area contributed by atoms with Crippen LogP contribution in [0.15, 0.2) is 41.1 Å². The zero-order valence-corrected chi connectivity index (χ0v) is 16.3. The lowest BCUT2D eigenvalue weighted by molar-refractivity contribution is 0.228. The van der Waals surface area contributed by atoms with Crippen molar-refractivity contribution in [3.05, 3.63) is 57.8 Å². The summed E-state index contributed by atoms with van der Waals surface area (Å²) < 4.78 is 0. The maximum Gasteiger partial charge on any atom is 0.315 e. The summed E-state index contributed by atoms with van der Waals surface area (Å²) in [6.45, 7) is 0.610. The molecule has 1 aliphatic rings. The van der Waals surface area contributed by atoms with Gasteiger partial charge in [0.1, 0.15) is 0 Å². The van der Waals surface area contributed by atoms with E-state index in [1.54, 1.807) is 11.3 Å². The van der Waals surface area contributed by atoms with E-state index in [-0.39, 0.29) is 30.5 Å². The van der Waals surface area contributed by atoms with Crippen molar-refractivity contribution in [3.63, 3.8) is 0 Å². The van der Waals surface area contributed by atoms with Crippen LogP contribution in [0.3, 0.4) is 0 Å². The first-order valence-electron chi connectivity index (χ1n) is 8.43. The van der Waals surface area contributed by atoms with Gasteiger partial charge in [0.15, 0.2) is 0 Å². The first-order valence-corrected chi connectivity index (χ1v) is 9.37. The van der Waals surface area contributed by atoms with Crippen LogP contribution in [0, 0.1) is 0 Å². The maximum absolute atomic E-state index is 12.3. The van der Waals surface area contributed by atoms with Crippen LogP contribution in [0.1, 0.15) is 29.2 Å². The molecule has 2 amide bonds.